The molecule has 1 aliphatic heterocycles. The van der Waals surface area contributed by atoms with Crippen LogP contribution in [0.15, 0.2) is 0 Å². The summed E-state index contributed by atoms with van der Waals surface area (Å²) in [6.07, 6.45) is 9.77. The van der Waals surface area contributed by atoms with Crippen LogP contribution in [0.4, 0.5) is 0 Å². The summed E-state index contributed by atoms with van der Waals surface area (Å²) >= 11 is 0. The molecule has 0 aromatic heterocycles. The fourth-order valence-corrected chi connectivity index (χ4v) is 3.13. The summed E-state index contributed by atoms with van der Waals surface area (Å²) < 4.78 is 0. The molecular weight excluding hydrogens is 232 g/mol. The van der Waals surface area contributed by atoms with Crippen molar-refractivity contribution in [2.75, 3.05) is 19.6 Å². The first-order chi connectivity index (χ1) is 9.13. The summed E-state index contributed by atoms with van der Waals surface area (Å²) in [7, 11) is 0. The lowest BCUT2D eigenvalue weighted by atomic mass is 10.00. The maximum atomic E-state index is 3.71. The average Bonchev–Trinajstić information content (AvgIpc) is 2.36. The average molecular weight is 268 g/mol. The third-order valence-corrected chi connectivity index (χ3v) is 4.33. The highest BCUT2D eigenvalue weighted by Gasteiger charge is 2.24. The van der Waals surface area contributed by atoms with Gasteiger partial charge in [-0.2, -0.15) is 0 Å². The molecule has 1 saturated heterocycles. The highest BCUT2D eigenvalue weighted by molar-refractivity contribution is 4.84. The fraction of sp³-hybridized carbons (Fsp3) is 1.00. The van der Waals surface area contributed by atoms with E-state index in [2.05, 4.69) is 37.9 Å². The summed E-state index contributed by atoms with van der Waals surface area (Å²) in [5, 5.41) is 3.71. The van der Waals surface area contributed by atoms with Gasteiger partial charge in [-0.1, -0.05) is 52.9 Å². The minimum atomic E-state index is 0.719. The van der Waals surface area contributed by atoms with E-state index in [-0.39, 0.29) is 0 Å². The van der Waals surface area contributed by atoms with Crippen molar-refractivity contribution in [1.29, 1.82) is 0 Å². The normalized spacial score (nSPS) is 25.1. The molecule has 1 aliphatic rings. The molecule has 1 heterocycles. The van der Waals surface area contributed by atoms with Gasteiger partial charge in [-0.05, 0) is 32.2 Å². The third kappa shape index (κ3) is 7.31. The first kappa shape index (κ1) is 17.0. The van der Waals surface area contributed by atoms with Crippen LogP contribution in [0.1, 0.15) is 72.6 Å². The topological polar surface area (TPSA) is 15.3 Å². The Kier molecular flexibility index (Phi) is 8.72. The van der Waals surface area contributed by atoms with Crippen LogP contribution in [-0.2, 0) is 0 Å². The number of hydrogen-bond acceptors (Lipinski definition) is 2. The first-order valence-corrected chi connectivity index (χ1v) is 8.61. The Bertz CT molecular complexity index is 215. The summed E-state index contributed by atoms with van der Waals surface area (Å²) in [5.74, 6) is 0.807. The molecule has 2 atom stereocenters. The van der Waals surface area contributed by atoms with Gasteiger partial charge in [-0.3, -0.25) is 4.90 Å². The van der Waals surface area contributed by atoms with Crippen molar-refractivity contribution in [2.45, 2.75) is 84.7 Å². The zero-order valence-corrected chi connectivity index (χ0v) is 13.8. The van der Waals surface area contributed by atoms with Gasteiger partial charge < -0.3 is 5.32 Å². The minimum absolute atomic E-state index is 0.719. The standard InChI is InChI=1S/C17H36N2/c1-5-6-7-8-9-10-11-19-14-17(12-15(2)3)18-13-16(19)4/h15-18H,5-14H2,1-4H3. The maximum absolute atomic E-state index is 3.71. The van der Waals surface area contributed by atoms with Crippen molar-refractivity contribution in [3.05, 3.63) is 0 Å². The van der Waals surface area contributed by atoms with Crippen LogP contribution in [0.25, 0.3) is 0 Å². The molecule has 0 aliphatic carbocycles. The summed E-state index contributed by atoms with van der Waals surface area (Å²) in [5.41, 5.74) is 0. The van der Waals surface area contributed by atoms with Crippen LogP contribution in [-0.4, -0.2) is 36.6 Å². The van der Waals surface area contributed by atoms with Crippen molar-refractivity contribution in [3.8, 4) is 0 Å². The van der Waals surface area contributed by atoms with Crippen molar-refractivity contribution >= 4 is 0 Å². The van der Waals surface area contributed by atoms with E-state index in [0.29, 0.717) is 0 Å². The molecular formula is C17H36N2. The molecule has 2 heteroatoms. The van der Waals surface area contributed by atoms with Gasteiger partial charge in [0.25, 0.3) is 0 Å². The van der Waals surface area contributed by atoms with E-state index in [9.17, 15) is 0 Å². The largest absolute Gasteiger partial charge is 0.311 e. The second-order valence-corrected chi connectivity index (χ2v) is 6.85. The van der Waals surface area contributed by atoms with Gasteiger partial charge in [-0.15, -0.1) is 0 Å². The Morgan fingerprint density at radius 1 is 1.11 bits per heavy atom. The number of nitrogens with one attached hydrogen (secondary N) is 1. The quantitative estimate of drug-likeness (QED) is 0.635. The Morgan fingerprint density at radius 3 is 2.47 bits per heavy atom. The van der Waals surface area contributed by atoms with Crippen molar-refractivity contribution in [3.63, 3.8) is 0 Å². The number of piperazine rings is 1. The third-order valence-electron chi connectivity index (χ3n) is 4.33. The van der Waals surface area contributed by atoms with Crippen LogP contribution in [0.3, 0.4) is 0 Å². The molecule has 0 saturated carbocycles. The summed E-state index contributed by atoms with van der Waals surface area (Å²) in [6, 6.07) is 1.44. The zero-order valence-electron chi connectivity index (χ0n) is 13.8. The molecule has 0 bridgehead atoms. The molecule has 0 aromatic rings. The summed E-state index contributed by atoms with van der Waals surface area (Å²) in [6.45, 7) is 13.1. The van der Waals surface area contributed by atoms with E-state index in [0.717, 1.165) is 18.0 Å². The molecule has 0 radical (unpaired) electrons. The van der Waals surface area contributed by atoms with Crippen molar-refractivity contribution < 1.29 is 0 Å². The lowest BCUT2D eigenvalue weighted by Gasteiger charge is -2.39. The Labute approximate surface area is 121 Å². The smallest absolute Gasteiger partial charge is 0.0198 e. The molecule has 0 amide bonds. The minimum Gasteiger partial charge on any atom is -0.311 e. The second-order valence-electron chi connectivity index (χ2n) is 6.85. The molecule has 0 aromatic carbocycles. The molecule has 1 fully saturated rings. The van der Waals surface area contributed by atoms with Crippen LogP contribution >= 0.6 is 0 Å². The Balaban J connectivity index is 2.15. The molecule has 19 heavy (non-hydrogen) atoms. The monoisotopic (exact) mass is 268 g/mol. The van der Waals surface area contributed by atoms with Gasteiger partial charge in [0.1, 0.15) is 0 Å². The van der Waals surface area contributed by atoms with Crippen LogP contribution in [0, 0.1) is 5.92 Å². The Hall–Kier alpha value is -0.0800. The summed E-state index contributed by atoms with van der Waals surface area (Å²) in [4.78, 5) is 2.71. The number of rotatable bonds is 9. The van der Waals surface area contributed by atoms with E-state index in [1.165, 1.54) is 64.6 Å². The van der Waals surface area contributed by atoms with E-state index in [1.807, 2.05) is 0 Å². The Morgan fingerprint density at radius 2 is 1.79 bits per heavy atom. The van der Waals surface area contributed by atoms with Crippen molar-refractivity contribution in [2.24, 2.45) is 5.92 Å². The van der Waals surface area contributed by atoms with E-state index in [1.54, 1.807) is 0 Å². The molecule has 2 unspecified atom stereocenters. The highest BCUT2D eigenvalue weighted by Crippen LogP contribution is 2.14. The van der Waals surface area contributed by atoms with E-state index >= 15 is 0 Å². The zero-order chi connectivity index (χ0) is 14.1. The van der Waals surface area contributed by atoms with Crippen LogP contribution in [0.5, 0.6) is 0 Å². The molecule has 114 valence electrons. The number of nitrogens with zero attached hydrogens (tertiary/aromatic N) is 1. The van der Waals surface area contributed by atoms with Gasteiger partial charge in [0.05, 0.1) is 0 Å². The van der Waals surface area contributed by atoms with E-state index in [4.69, 9.17) is 0 Å². The van der Waals surface area contributed by atoms with Gasteiger partial charge in [-0.25, -0.2) is 0 Å². The van der Waals surface area contributed by atoms with E-state index < -0.39 is 0 Å². The molecule has 1 N–H and O–H groups in total. The highest BCUT2D eigenvalue weighted by atomic mass is 15.2. The SMILES string of the molecule is CCCCCCCCN1CC(CC(C)C)NCC1C. The predicted molar refractivity (Wildman–Crippen MR) is 85.7 cm³/mol. The predicted octanol–water partition coefficient (Wildman–Crippen LogP) is 4.06. The molecule has 0 spiro atoms. The lowest BCUT2D eigenvalue weighted by Crippen LogP contribution is -2.55. The second kappa shape index (κ2) is 9.77. The molecule has 2 nitrogen and oxygen atoms in total. The van der Waals surface area contributed by atoms with Crippen LogP contribution in [0.2, 0.25) is 0 Å². The molecule has 1 rings (SSSR count). The van der Waals surface area contributed by atoms with Crippen LogP contribution < -0.4 is 5.32 Å². The van der Waals surface area contributed by atoms with Gasteiger partial charge in [0.2, 0.25) is 0 Å². The van der Waals surface area contributed by atoms with Crippen molar-refractivity contribution in [1.82, 2.24) is 10.2 Å². The fourth-order valence-electron chi connectivity index (χ4n) is 3.13. The maximum Gasteiger partial charge on any atom is 0.0198 e. The van der Waals surface area contributed by atoms with Gasteiger partial charge in [0, 0.05) is 25.2 Å². The lowest BCUT2D eigenvalue weighted by molar-refractivity contribution is 0.129. The number of unbranched alkanes of at least 4 members (excludes halogenated alkanes) is 5. The van der Waals surface area contributed by atoms with Gasteiger partial charge in [0.15, 0.2) is 0 Å². The van der Waals surface area contributed by atoms with Gasteiger partial charge >= 0.3 is 0 Å². The number of hydrogen-bond donors (Lipinski definition) is 1. The first-order valence-electron chi connectivity index (χ1n) is 8.61.